The van der Waals surface area contributed by atoms with Crippen molar-refractivity contribution in [3.05, 3.63) is 42.4 Å². The molecule has 0 spiro atoms. The third-order valence-electron chi connectivity index (χ3n) is 4.19. The Morgan fingerprint density at radius 2 is 1.56 bits per heavy atom. The Bertz CT molecular complexity index is 661. The maximum absolute atomic E-state index is 12.2. The lowest BCUT2D eigenvalue weighted by Gasteiger charge is -2.21. The molecule has 0 aliphatic carbocycles. The molecule has 6 heteroatoms. The Morgan fingerprint density at radius 1 is 0.920 bits per heavy atom. The van der Waals surface area contributed by atoms with Crippen LogP contribution in [0.1, 0.15) is 38.2 Å². The van der Waals surface area contributed by atoms with Gasteiger partial charge < -0.3 is 15.1 Å². The molecule has 0 radical (unpaired) electrons. The molecule has 0 unspecified atom stereocenters. The van der Waals surface area contributed by atoms with Gasteiger partial charge in [-0.05, 0) is 52.0 Å². The van der Waals surface area contributed by atoms with Crippen molar-refractivity contribution in [2.24, 2.45) is 0 Å². The maximum atomic E-state index is 12.2. The van der Waals surface area contributed by atoms with Crippen LogP contribution in [-0.2, 0) is 0 Å². The summed E-state index contributed by atoms with van der Waals surface area (Å²) < 4.78 is 0. The number of carbonyl (C=O) groups is 1. The summed E-state index contributed by atoms with van der Waals surface area (Å²) in [5.41, 5.74) is 2.50. The molecule has 1 aromatic heterocycles. The molecule has 0 bridgehead atoms. The van der Waals surface area contributed by atoms with Crippen LogP contribution in [0, 0.1) is 0 Å². The van der Waals surface area contributed by atoms with Gasteiger partial charge in [0, 0.05) is 37.6 Å². The van der Waals surface area contributed by atoms with Gasteiger partial charge in [0.1, 0.15) is 11.5 Å². The molecular weight excluding hydrogens is 314 g/mol. The highest BCUT2D eigenvalue weighted by Crippen LogP contribution is 2.20. The van der Waals surface area contributed by atoms with Crippen molar-refractivity contribution < 1.29 is 4.79 Å². The van der Waals surface area contributed by atoms with E-state index in [4.69, 9.17) is 0 Å². The zero-order chi connectivity index (χ0) is 18.2. The number of anilines is 3. The first-order valence-electron chi connectivity index (χ1n) is 8.86. The second-order valence-electron chi connectivity index (χ2n) is 5.61. The van der Waals surface area contributed by atoms with Crippen LogP contribution in [0.5, 0.6) is 0 Å². The predicted octanol–water partition coefficient (Wildman–Crippen LogP) is 3.55. The quantitative estimate of drug-likeness (QED) is 0.795. The lowest BCUT2D eigenvalue weighted by molar-refractivity contribution is 0.0766. The summed E-state index contributed by atoms with van der Waals surface area (Å²) in [5.74, 6) is 0.527. The van der Waals surface area contributed by atoms with Crippen molar-refractivity contribution in [1.82, 2.24) is 14.9 Å². The smallest absolute Gasteiger partial charge is 0.274 e. The van der Waals surface area contributed by atoms with Crippen LogP contribution >= 0.6 is 0 Å². The average Bonchev–Trinajstić information content (AvgIpc) is 2.65. The number of hydrogen-bond donors (Lipinski definition) is 1. The van der Waals surface area contributed by atoms with E-state index in [9.17, 15) is 4.79 Å². The average molecular weight is 341 g/mol. The topological polar surface area (TPSA) is 61.4 Å². The van der Waals surface area contributed by atoms with Gasteiger partial charge in [0.05, 0.1) is 12.4 Å². The van der Waals surface area contributed by atoms with E-state index in [1.165, 1.54) is 11.9 Å². The normalized spacial score (nSPS) is 10.4. The molecule has 2 rings (SSSR count). The Labute approximate surface area is 149 Å². The molecule has 0 saturated carbocycles. The number of aromatic nitrogens is 2. The summed E-state index contributed by atoms with van der Waals surface area (Å²) in [6.07, 6.45) is 3.11. The standard InChI is InChI=1S/C19H27N5O/c1-5-23(6-2)16-11-9-15(10-12-16)22-18-14-20-17(13-21-18)19(25)24(7-3)8-4/h9-14H,5-8H2,1-4H3,(H,21,22). The van der Waals surface area contributed by atoms with Crippen molar-refractivity contribution in [3.8, 4) is 0 Å². The molecule has 1 N–H and O–H groups in total. The highest BCUT2D eigenvalue weighted by atomic mass is 16.2. The van der Waals surface area contributed by atoms with Crippen molar-refractivity contribution in [2.75, 3.05) is 36.4 Å². The number of amides is 1. The first kappa shape index (κ1) is 18.7. The van der Waals surface area contributed by atoms with Gasteiger partial charge in [-0.1, -0.05) is 0 Å². The number of rotatable bonds is 8. The Morgan fingerprint density at radius 3 is 2.04 bits per heavy atom. The van der Waals surface area contributed by atoms with Crippen LogP contribution in [0.3, 0.4) is 0 Å². The van der Waals surface area contributed by atoms with E-state index in [0.717, 1.165) is 18.8 Å². The van der Waals surface area contributed by atoms with Gasteiger partial charge in [0.2, 0.25) is 0 Å². The van der Waals surface area contributed by atoms with Crippen LogP contribution < -0.4 is 10.2 Å². The third kappa shape index (κ3) is 4.68. The number of nitrogens with one attached hydrogen (secondary N) is 1. The number of carbonyl (C=O) groups excluding carboxylic acids is 1. The SMILES string of the molecule is CCN(CC)C(=O)c1cnc(Nc2ccc(N(CC)CC)cc2)cn1. The number of hydrogen-bond acceptors (Lipinski definition) is 5. The summed E-state index contributed by atoms with van der Waals surface area (Å²) >= 11 is 0. The van der Waals surface area contributed by atoms with Gasteiger partial charge in [-0.25, -0.2) is 9.97 Å². The number of benzene rings is 1. The van der Waals surface area contributed by atoms with Crippen molar-refractivity contribution >= 4 is 23.1 Å². The maximum Gasteiger partial charge on any atom is 0.274 e. The summed E-state index contributed by atoms with van der Waals surface area (Å²) in [6.45, 7) is 11.5. The summed E-state index contributed by atoms with van der Waals surface area (Å²) in [6, 6.07) is 8.21. The molecule has 134 valence electrons. The molecule has 0 aliphatic rings. The molecule has 1 aromatic carbocycles. The first-order chi connectivity index (χ1) is 12.1. The van der Waals surface area contributed by atoms with E-state index in [-0.39, 0.29) is 5.91 Å². The van der Waals surface area contributed by atoms with Crippen LogP contribution in [0.4, 0.5) is 17.2 Å². The zero-order valence-electron chi connectivity index (χ0n) is 15.5. The fraction of sp³-hybridized carbons (Fsp3) is 0.421. The van der Waals surface area contributed by atoms with Gasteiger partial charge >= 0.3 is 0 Å². The van der Waals surface area contributed by atoms with Gasteiger partial charge in [-0.3, -0.25) is 4.79 Å². The lowest BCUT2D eigenvalue weighted by atomic mass is 10.2. The van der Waals surface area contributed by atoms with Crippen LogP contribution in [0.25, 0.3) is 0 Å². The molecule has 6 nitrogen and oxygen atoms in total. The molecule has 1 heterocycles. The molecule has 1 amide bonds. The highest BCUT2D eigenvalue weighted by molar-refractivity contribution is 5.92. The van der Waals surface area contributed by atoms with E-state index in [1.807, 2.05) is 26.0 Å². The summed E-state index contributed by atoms with van der Waals surface area (Å²) in [5, 5.41) is 3.21. The molecule has 2 aromatic rings. The highest BCUT2D eigenvalue weighted by Gasteiger charge is 2.14. The second-order valence-corrected chi connectivity index (χ2v) is 5.61. The molecule has 0 saturated heterocycles. The number of nitrogens with zero attached hydrogens (tertiary/aromatic N) is 4. The van der Waals surface area contributed by atoms with E-state index in [0.29, 0.717) is 24.6 Å². The Hall–Kier alpha value is -2.63. The molecular formula is C19H27N5O. The Balaban J connectivity index is 2.05. The second kappa shape index (κ2) is 9.01. The Kier molecular flexibility index (Phi) is 6.74. The van der Waals surface area contributed by atoms with Crippen molar-refractivity contribution in [1.29, 1.82) is 0 Å². The van der Waals surface area contributed by atoms with Crippen LogP contribution in [0.2, 0.25) is 0 Å². The molecule has 0 aliphatic heterocycles. The largest absolute Gasteiger partial charge is 0.372 e. The summed E-state index contributed by atoms with van der Waals surface area (Å²) in [4.78, 5) is 24.8. The van der Waals surface area contributed by atoms with E-state index in [1.54, 1.807) is 11.1 Å². The fourth-order valence-corrected chi connectivity index (χ4v) is 2.67. The lowest BCUT2D eigenvalue weighted by Crippen LogP contribution is -2.31. The van der Waals surface area contributed by atoms with Gasteiger partial charge in [0.25, 0.3) is 5.91 Å². The van der Waals surface area contributed by atoms with E-state index < -0.39 is 0 Å². The van der Waals surface area contributed by atoms with E-state index in [2.05, 4.69) is 46.2 Å². The van der Waals surface area contributed by atoms with Crippen molar-refractivity contribution in [2.45, 2.75) is 27.7 Å². The minimum Gasteiger partial charge on any atom is -0.372 e. The van der Waals surface area contributed by atoms with Gasteiger partial charge in [0.15, 0.2) is 0 Å². The first-order valence-corrected chi connectivity index (χ1v) is 8.86. The van der Waals surface area contributed by atoms with E-state index >= 15 is 0 Å². The zero-order valence-corrected chi connectivity index (χ0v) is 15.5. The predicted molar refractivity (Wildman–Crippen MR) is 103 cm³/mol. The van der Waals surface area contributed by atoms with Gasteiger partial charge in [-0.15, -0.1) is 0 Å². The molecule has 0 fully saturated rings. The molecule has 25 heavy (non-hydrogen) atoms. The van der Waals surface area contributed by atoms with Crippen LogP contribution in [0.15, 0.2) is 36.7 Å². The monoisotopic (exact) mass is 341 g/mol. The van der Waals surface area contributed by atoms with Gasteiger partial charge in [-0.2, -0.15) is 0 Å². The van der Waals surface area contributed by atoms with Crippen LogP contribution in [-0.4, -0.2) is 47.0 Å². The summed E-state index contributed by atoms with van der Waals surface area (Å²) in [7, 11) is 0. The minimum absolute atomic E-state index is 0.0902. The third-order valence-corrected chi connectivity index (χ3v) is 4.19. The van der Waals surface area contributed by atoms with Crippen molar-refractivity contribution in [3.63, 3.8) is 0 Å². The molecule has 0 atom stereocenters. The minimum atomic E-state index is -0.0902. The fourth-order valence-electron chi connectivity index (χ4n) is 2.67.